The fraction of sp³-hybridized carbons (Fsp3) is 0.556. The summed E-state index contributed by atoms with van der Waals surface area (Å²) in [5, 5.41) is 29.6. The summed E-state index contributed by atoms with van der Waals surface area (Å²) in [6.07, 6.45) is 0. The number of ether oxygens (including phenoxy) is 1. The summed E-state index contributed by atoms with van der Waals surface area (Å²) in [5.74, 6) is 0.422. The Hall–Kier alpha value is -2.18. The summed E-state index contributed by atoms with van der Waals surface area (Å²) in [7, 11) is 0. The van der Waals surface area contributed by atoms with Crippen LogP contribution in [0.2, 0.25) is 10.3 Å². The summed E-state index contributed by atoms with van der Waals surface area (Å²) in [5.41, 5.74) is 1.25. The minimum Gasteiger partial charge on any atom is -0.473 e. The molecule has 4 heterocycles. The molecule has 0 aromatic carbocycles. The number of piperazine rings is 2. The van der Waals surface area contributed by atoms with Crippen molar-refractivity contribution in [3.05, 3.63) is 32.8 Å². The van der Waals surface area contributed by atoms with Crippen LogP contribution in [0.4, 0.5) is 11.4 Å². The summed E-state index contributed by atoms with van der Waals surface area (Å²) in [6.45, 7) is 7.15. The summed E-state index contributed by atoms with van der Waals surface area (Å²) in [6, 6.07) is 3.35. The Morgan fingerprint density at radius 1 is 0.935 bits per heavy atom. The first-order valence-corrected chi connectivity index (χ1v) is 10.8. The highest BCUT2D eigenvalue weighted by atomic mass is 35.5. The Bertz CT molecular complexity index is 888. The van der Waals surface area contributed by atoms with E-state index in [0.717, 1.165) is 58.0 Å². The van der Waals surface area contributed by atoms with Crippen LogP contribution in [-0.2, 0) is 0 Å². The molecule has 0 atom stereocenters. The number of nitrogens with zero attached hydrogens (tertiary/aromatic N) is 5. The molecular formula is C18H26Cl2N8O3. The van der Waals surface area contributed by atoms with Gasteiger partial charge in [-0.05, 0) is 0 Å². The molecule has 0 bridgehead atoms. The van der Waals surface area contributed by atoms with Crippen LogP contribution in [0.15, 0.2) is 16.9 Å². The van der Waals surface area contributed by atoms with E-state index in [2.05, 4.69) is 35.9 Å². The van der Waals surface area contributed by atoms with Gasteiger partial charge in [-0.3, -0.25) is 4.79 Å². The van der Waals surface area contributed by atoms with Gasteiger partial charge >= 0.3 is 0 Å². The highest BCUT2D eigenvalue weighted by molar-refractivity contribution is 6.29. The lowest BCUT2D eigenvalue weighted by Gasteiger charge is -2.30. The monoisotopic (exact) mass is 472 g/mol. The molecule has 11 nitrogen and oxygen atoms in total. The first kappa shape index (κ1) is 23.5. The molecule has 2 fully saturated rings. The Kier molecular flexibility index (Phi) is 9.10. The molecule has 0 unspecified atom stereocenters. The van der Waals surface area contributed by atoms with Crippen molar-refractivity contribution in [3.8, 4) is 5.88 Å². The van der Waals surface area contributed by atoms with E-state index in [1.165, 1.54) is 0 Å². The molecule has 0 saturated carbocycles. The Morgan fingerprint density at radius 2 is 1.52 bits per heavy atom. The minimum atomic E-state index is -0.184. The van der Waals surface area contributed by atoms with E-state index in [0.29, 0.717) is 21.9 Å². The Balaban J connectivity index is 0.000000179. The zero-order valence-corrected chi connectivity index (χ0v) is 18.5. The molecule has 4 N–H and O–H groups in total. The first-order valence-electron chi connectivity index (χ1n) is 10.0. The number of nitrogens with one attached hydrogen (secondary N) is 3. The number of aromatic amines is 1. The van der Waals surface area contributed by atoms with Crippen LogP contribution in [-0.4, -0.2) is 91.1 Å². The third kappa shape index (κ3) is 6.91. The van der Waals surface area contributed by atoms with E-state index in [-0.39, 0.29) is 18.8 Å². The van der Waals surface area contributed by atoms with Gasteiger partial charge in [0.15, 0.2) is 10.3 Å². The molecule has 2 aromatic heterocycles. The number of aliphatic hydroxyl groups is 1. The predicted molar refractivity (Wildman–Crippen MR) is 120 cm³/mol. The molecule has 0 aliphatic carbocycles. The van der Waals surface area contributed by atoms with Crippen molar-refractivity contribution in [2.75, 3.05) is 75.4 Å². The van der Waals surface area contributed by atoms with Crippen LogP contribution < -0.4 is 30.7 Å². The molecule has 0 spiro atoms. The highest BCUT2D eigenvalue weighted by Gasteiger charge is 2.17. The number of rotatable bonds is 5. The van der Waals surface area contributed by atoms with E-state index in [4.69, 9.17) is 33.0 Å². The van der Waals surface area contributed by atoms with Crippen LogP contribution >= 0.6 is 23.2 Å². The average molecular weight is 473 g/mol. The molecule has 170 valence electrons. The number of aromatic nitrogens is 4. The molecule has 2 aliphatic rings. The number of H-pyrrole nitrogens is 1. The summed E-state index contributed by atoms with van der Waals surface area (Å²) >= 11 is 11.6. The van der Waals surface area contributed by atoms with Crippen LogP contribution in [0.5, 0.6) is 5.88 Å². The third-order valence-electron chi connectivity index (χ3n) is 4.71. The van der Waals surface area contributed by atoms with Crippen molar-refractivity contribution in [2.45, 2.75) is 0 Å². The SMILES string of the molecule is O=c1[nH]nc(Cl)cc1N1CCNCC1.OCCOc1nnc(Cl)cc1N1CCNCC1. The standard InChI is InChI=1S/C10H15ClN4O2.C8H11ClN4O/c11-9-7-8(15-3-1-12-2-4-15)10(14-13-9)17-6-5-16;9-7-5-6(8(14)12-11-7)13-3-1-10-2-4-13/h7,12,16H,1-6H2;5,10H,1-4H2,(H,12,14). The molecular weight excluding hydrogens is 447 g/mol. The second-order valence-corrected chi connectivity index (χ2v) is 7.58. The molecule has 0 radical (unpaired) electrons. The summed E-state index contributed by atoms with van der Waals surface area (Å²) < 4.78 is 5.35. The highest BCUT2D eigenvalue weighted by Crippen LogP contribution is 2.27. The first-order chi connectivity index (χ1) is 15.1. The zero-order valence-electron chi connectivity index (χ0n) is 17.0. The maximum atomic E-state index is 11.4. The normalized spacial score (nSPS) is 16.5. The van der Waals surface area contributed by atoms with Gasteiger partial charge in [-0.2, -0.15) is 5.10 Å². The lowest BCUT2D eigenvalue weighted by atomic mass is 10.3. The van der Waals surface area contributed by atoms with Crippen molar-refractivity contribution >= 4 is 34.6 Å². The molecule has 31 heavy (non-hydrogen) atoms. The van der Waals surface area contributed by atoms with Crippen molar-refractivity contribution in [2.24, 2.45) is 0 Å². The maximum Gasteiger partial charge on any atom is 0.287 e. The molecule has 2 aromatic rings. The van der Waals surface area contributed by atoms with Gasteiger partial charge in [0.1, 0.15) is 18.0 Å². The second-order valence-electron chi connectivity index (χ2n) is 6.81. The van der Waals surface area contributed by atoms with Gasteiger partial charge < -0.3 is 30.3 Å². The van der Waals surface area contributed by atoms with Crippen molar-refractivity contribution < 1.29 is 9.84 Å². The largest absolute Gasteiger partial charge is 0.473 e. The van der Waals surface area contributed by atoms with E-state index in [1.54, 1.807) is 12.1 Å². The fourth-order valence-corrected chi connectivity index (χ4v) is 3.52. The van der Waals surface area contributed by atoms with Crippen molar-refractivity contribution in [3.63, 3.8) is 0 Å². The molecule has 13 heteroatoms. The van der Waals surface area contributed by atoms with Crippen LogP contribution in [0.1, 0.15) is 0 Å². The maximum absolute atomic E-state index is 11.4. The number of hydrogen-bond donors (Lipinski definition) is 4. The zero-order chi connectivity index (χ0) is 22.1. The predicted octanol–water partition coefficient (Wildman–Crippen LogP) is -0.256. The molecule has 4 rings (SSSR count). The molecule has 2 saturated heterocycles. The van der Waals surface area contributed by atoms with E-state index in [1.807, 2.05) is 4.90 Å². The molecule has 0 amide bonds. The molecule has 2 aliphatic heterocycles. The van der Waals surface area contributed by atoms with E-state index in [9.17, 15) is 4.79 Å². The van der Waals surface area contributed by atoms with Gasteiger partial charge in [0, 0.05) is 64.5 Å². The minimum absolute atomic E-state index is 0.0503. The third-order valence-corrected chi connectivity index (χ3v) is 5.09. The number of aliphatic hydroxyl groups excluding tert-OH is 1. The van der Waals surface area contributed by atoms with Crippen LogP contribution in [0.25, 0.3) is 0 Å². The summed E-state index contributed by atoms with van der Waals surface area (Å²) in [4.78, 5) is 15.6. The van der Waals surface area contributed by atoms with Gasteiger partial charge in [-0.15, -0.1) is 10.2 Å². The average Bonchev–Trinajstić information content (AvgIpc) is 2.81. The number of hydrogen-bond acceptors (Lipinski definition) is 10. The topological polar surface area (TPSA) is 132 Å². The van der Waals surface area contributed by atoms with Crippen LogP contribution in [0, 0.1) is 0 Å². The van der Waals surface area contributed by atoms with Gasteiger partial charge in [0.25, 0.3) is 11.4 Å². The van der Waals surface area contributed by atoms with Gasteiger partial charge in [0.2, 0.25) is 0 Å². The lowest BCUT2D eigenvalue weighted by molar-refractivity contribution is 0.195. The Labute approximate surface area is 189 Å². The fourth-order valence-electron chi connectivity index (χ4n) is 3.24. The van der Waals surface area contributed by atoms with E-state index >= 15 is 0 Å². The van der Waals surface area contributed by atoms with Crippen LogP contribution in [0.3, 0.4) is 0 Å². The van der Waals surface area contributed by atoms with Gasteiger partial charge in [-0.1, -0.05) is 23.2 Å². The second kappa shape index (κ2) is 12.0. The van der Waals surface area contributed by atoms with Gasteiger partial charge in [-0.25, -0.2) is 5.10 Å². The van der Waals surface area contributed by atoms with Crippen molar-refractivity contribution in [1.82, 2.24) is 31.0 Å². The smallest absolute Gasteiger partial charge is 0.287 e. The van der Waals surface area contributed by atoms with Gasteiger partial charge in [0.05, 0.1) is 6.61 Å². The van der Waals surface area contributed by atoms with Crippen molar-refractivity contribution in [1.29, 1.82) is 0 Å². The van der Waals surface area contributed by atoms with E-state index < -0.39 is 0 Å². The number of halogens is 2. The lowest BCUT2D eigenvalue weighted by Crippen LogP contribution is -2.45. The quantitative estimate of drug-likeness (QED) is 0.461. The Morgan fingerprint density at radius 3 is 2.13 bits per heavy atom. The number of anilines is 2.